The van der Waals surface area contributed by atoms with E-state index in [0.29, 0.717) is 6.10 Å². The zero-order chi connectivity index (χ0) is 8.28. The lowest BCUT2D eigenvalue weighted by atomic mass is 9.95. The Morgan fingerprint density at radius 1 is 1.36 bits per heavy atom. The Labute approximate surface area is 67.2 Å². The topological polar surface area (TPSA) is 24.8 Å². The van der Waals surface area contributed by atoms with E-state index in [1.165, 1.54) is 0 Å². The van der Waals surface area contributed by atoms with Gasteiger partial charge in [0.25, 0.3) is 5.91 Å². The van der Waals surface area contributed by atoms with Crippen LogP contribution in [-0.4, -0.2) is 22.6 Å². The summed E-state index contributed by atoms with van der Waals surface area (Å²) in [5.41, 5.74) is 0.131. The SMILES string of the molecule is CC1CC(C)(C)N2OC2(C)O1. The fourth-order valence-corrected chi connectivity index (χ4v) is 2.09. The van der Waals surface area contributed by atoms with E-state index in [4.69, 9.17) is 9.57 Å². The van der Waals surface area contributed by atoms with Crippen molar-refractivity contribution in [1.82, 2.24) is 5.06 Å². The van der Waals surface area contributed by atoms with Gasteiger partial charge in [-0.1, -0.05) is 0 Å². The highest BCUT2D eigenvalue weighted by Gasteiger charge is 2.63. The number of hydrogen-bond acceptors (Lipinski definition) is 3. The summed E-state index contributed by atoms with van der Waals surface area (Å²) < 4.78 is 5.59. The van der Waals surface area contributed by atoms with Gasteiger partial charge in [0.05, 0.1) is 6.10 Å². The lowest BCUT2D eigenvalue weighted by Gasteiger charge is -2.33. The van der Waals surface area contributed by atoms with Gasteiger partial charge in [0, 0.05) is 12.5 Å². The molecular formula is C8H15NO2. The van der Waals surface area contributed by atoms with Crippen LogP contribution in [0.5, 0.6) is 0 Å². The highest BCUT2D eigenvalue weighted by molar-refractivity contribution is 4.93. The summed E-state index contributed by atoms with van der Waals surface area (Å²) in [6.45, 7) is 8.41. The number of rotatable bonds is 0. The number of hydrogen-bond donors (Lipinski definition) is 0. The fraction of sp³-hybridized carbons (Fsp3) is 1.00. The van der Waals surface area contributed by atoms with Crippen molar-refractivity contribution < 1.29 is 9.57 Å². The van der Waals surface area contributed by atoms with E-state index in [9.17, 15) is 0 Å². The van der Waals surface area contributed by atoms with Crippen molar-refractivity contribution in [3.05, 3.63) is 0 Å². The summed E-state index contributed by atoms with van der Waals surface area (Å²) in [7, 11) is 0. The molecule has 0 spiro atoms. The second-order valence-electron chi connectivity index (χ2n) is 4.23. The molecule has 0 radical (unpaired) electrons. The van der Waals surface area contributed by atoms with Crippen LogP contribution < -0.4 is 0 Å². The largest absolute Gasteiger partial charge is 0.332 e. The van der Waals surface area contributed by atoms with Crippen molar-refractivity contribution in [2.75, 3.05) is 0 Å². The van der Waals surface area contributed by atoms with E-state index >= 15 is 0 Å². The summed E-state index contributed by atoms with van der Waals surface area (Å²) in [5.74, 6) is -0.416. The van der Waals surface area contributed by atoms with Crippen molar-refractivity contribution in [2.24, 2.45) is 0 Å². The van der Waals surface area contributed by atoms with Crippen LogP contribution in [0.3, 0.4) is 0 Å². The van der Waals surface area contributed by atoms with Crippen LogP contribution >= 0.6 is 0 Å². The van der Waals surface area contributed by atoms with E-state index in [2.05, 4.69) is 20.8 Å². The van der Waals surface area contributed by atoms with Gasteiger partial charge in [-0.2, -0.15) is 0 Å². The van der Waals surface area contributed by atoms with Crippen LogP contribution in [-0.2, 0) is 9.57 Å². The Morgan fingerprint density at radius 3 is 2.55 bits per heavy atom. The maximum atomic E-state index is 5.59. The monoisotopic (exact) mass is 157 g/mol. The summed E-state index contributed by atoms with van der Waals surface area (Å²) in [4.78, 5) is 5.36. The molecule has 0 aromatic carbocycles. The summed E-state index contributed by atoms with van der Waals surface area (Å²) in [5, 5.41) is 1.93. The lowest BCUT2D eigenvalue weighted by molar-refractivity contribution is -0.117. The average molecular weight is 157 g/mol. The first-order valence-corrected chi connectivity index (χ1v) is 4.11. The molecule has 64 valence electrons. The minimum Gasteiger partial charge on any atom is -0.332 e. The quantitative estimate of drug-likeness (QED) is 0.498. The predicted molar refractivity (Wildman–Crippen MR) is 40.6 cm³/mol. The van der Waals surface area contributed by atoms with Crippen LogP contribution in [0.15, 0.2) is 0 Å². The molecule has 2 fully saturated rings. The maximum Gasteiger partial charge on any atom is 0.267 e. The molecule has 2 aliphatic heterocycles. The van der Waals surface area contributed by atoms with Gasteiger partial charge in [0.1, 0.15) is 0 Å². The molecule has 0 aliphatic carbocycles. The summed E-state index contributed by atoms with van der Waals surface area (Å²) >= 11 is 0. The fourth-order valence-electron chi connectivity index (χ4n) is 2.09. The Hall–Kier alpha value is -0.120. The molecule has 0 saturated carbocycles. The zero-order valence-electron chi connectivity index (χ0n) is 7.55. The van der Waals surface area contributed by atoms with Crippen LogP contribution in [0.4, 0.5) is 0 Å². The summed E-state index contributed by atoms with van der Waals surface area (Å²) in [6.07, 6.45) is 1.33. The van der Waals surface area contributed by atoms with Crippen LogP contribution in [0.25, 0.3) is 0 Å². The molecule has 0 aromatic rings. The lowest BCUT2D eigenvalue weighted by Crippen LogP contribution is -2.45. The first-order valence-electron chi connectivity index (χ1n) is 4.11. The van der Waals surface area contributed by atoms with Gasteiger partial charge in [-0.15, -0.1) is 5.06 Å². The van der Waals surface area contributed by atoms with Gasteiger partial charge >= 0.3 is 0 Å². The predicted octanol–water partition coefficient (Wildman–Crippen LogP) is 1.49. The number of nitrogens with zero attached hydrogens (tertiary/aromatic N) is 1. The molecule has 0 amide bonds. The van der Waals surface area contributed by atoms with E-state index in [0.717, 1.165) is 6.42 Å². The molecule has 2 rings (SSSR count). The molecule has 0 N–H and O–H groups in total. The Kier molecular flexibility index (Phi) is 1.22. The van der Waals surface area contributed by atoms with Crippen molar-refractivity contribution in [3.8, 4) is 0 Å². The highest BCUT2D eigenvalue weighted by Crippen LogP contribution is 2.49. The Balaban J connectivity index is 2.18. The molecule has 3 heteroatoms. The molecule has 3 unspecified atom stereocenters. The van der Waals surface area contributed by atoms with Gasteiger partial charge in [-0.05, 0) is 27.2 Å². The molecule has 3 atom stereocenters. The first kappa shape index (κ1) is 7.53. The Bertz CT molecular complexity index is 193. The normalized spacial score (nSPS) is 53.5. The molecule has 2 saturated heterocycles. The van der Waals surface area contributed by atoms with E-state index in [1.807, 2.05) is 12.0 Å². The van der Waals surface area contributed by atoms with Gasteiger partial charge in [-0.25, -0.2) is 4.84 Å². The minimum atomic E-state index is -0.416. The van der Waals surface area contributed by atoms with Crippen LogP contribution in [0.2, 0.25) is 0 Å². The molecular weight excluding hydrogens is 142 g/mol. The standard InChI is InChI=1S/C8H15NO2/c1-6-5-7(2,3)9-8(4,10-6)11-9/h6H,5H2,1-4H3. The highest BCUT2D eigenvalue weighted by atomic mass is 17.0. The molecule has 0 aromatic heterocycles. The third-order valence-electron chi connectivity index (χ3n) is 2.35. The molecule has 0 bridgehead atoms. The van der Waals surface area contributed by atoms with E-state index in [1.54, 1.807) is 0 Å². The second kappa shape index (κ2) is 1.79. The van der Waals surface area contributed by atoms with Crippen molar-refractivity contribution in [2.45, 2.75) is 51.7 Å². The number of fused-ring (bicyclic) bond motifs is 1. The molecule has 3 nitrogen and oxygen atoms in total. The first-order chi connectivity index (χ1) is 4.94. The van der Waals surface area contributed by atoms with Gasteiger partial charge < -0.3 is 4.74 Å². The molecule has 2 aliphatic rings. The van der Waals surface area contributed by atoms with Crippen molar-refractivity contribution in [1.29, 1.82) is 0 Å². The van der Waals surface area contributed by atoms with E-state index < -0.39 is 5.91 Å². The van der Waals surface area contributed by atoms with Crippen LogP contribution in [0.1, 0.15) is 34.1 Å². The third-order valence-corrected chi connectivity index (χ3v) is 2.35. The third kappa shape index (κ3) is 0.991. The molecule has 2 heterocycles. The van der Waals surface area contributed by atoms with Gasteiger partial charge in [-0.3, -0.25) is 0 Å². The Morgan fingerprint density at radius 2 is 2.00 bits per heavy atom. The summed E-state index contributed by atoms with van der Waals surface area (Å²) in [6, 6.07) is 0. The number of ether oxygens (including phenoxy) is 1. The average Bonchev–Trinajstić information content (AvgIpc) is 2.37. The number of hydroxylamine groups is 2. The van der Waals surface area contributed by atoms with E-state index in [-0.39, 0.29) is 5.54 Å². The second-order valence-corrected chi connectivity index (χ2v) is 4.23. The van der Waals surface area contributed by atoms with Gasteiger partial charge in [0.15, 0.2) is 0 Å². The zero-order valence-corrected chi connectivity index (χ0v) is 7.55. The smallest absolute Gasteiger partial charge is 0.267 e. The minimum absolute atomic E-state index is 0.131. The maximum absolute atomic E-state index is 5.59. The van der Waals surface area contributed by atoms with Crippen molar-refractivity contribution in [3.63, 3.8) is 0 Å². The van der Waals surface area contributed by atoms with Crippen molar-refractivity contribution >= 4 is 0 Å². The van der Waals surface area contributed by atoms with Gasteiger partial charge in [0.2, 0.25) is 0 Å². The van der Waals surface area contributed by atoms with Crippen LogP contribution in [0, 0.1) is 0 Å². The molecule has 11 heavy (non-hydrogen) atoms.